The lowest BCUT2D eigenvalue weighted by Crippen LogP contribution is -2.26. The lowest BCUT2D eigenvalue weighted by molar-refractivity contribution is -0.114. The Morgan fingerprint density at radius 2 is 1.12 bits per heavy atom. The van der Waals surface area contributed by atoms with Gasteiger partial charge in [-0.05, 0) is 24.3 Å². The van der Waals surface area contributed by atoms with Crippen molar-refractivity contribution < 1.29 is 9.59 Å². The molecule has 0 amide bonds. The van der Waals surface area contributed by atoms with Crippen molar-refractivity contribution in [2.24, 2.45) is 0 Å². The van der Waals surface area contributed by atoms with Crippen LogP contribution in [0, 0.1) is 0 Å². The molecule has 0 unspecified atom stereocenters. The summed E-state index contributed by atoms with van der Waals surface area (Å²) in [6.07, 6.45) is 6.19. The van der Waals surface area contributed by atoms with Gasteiger partial charge in [-0.3, -0.25) is 9.59 Å². The van der Waals surface area contributed by atoms with Gasteiger partial charge in [-0.15, -0.1) is 0 Å². The van der Waals surface area contributed by atoms with Crippen molar-refractivity contribution >= 4 is 11.6 Å². The molecule has 0 saturated carbocycles. The minimum absolute atomic E-state index is 0.143. The van der Waals surface area contributed by atoms with E-state index in [2.05, 4.69) is 10.6 Å². The number of carbonyl (C=O) groups is 2. The largest absolute Gasteiger partial charge is 0.388 e. The second-order valence-corrected chi connectivity index (χ2v) is 3.47. The molecular formula is C12H12N2O2. The zero-order valence-corrected chi connectivity index (χ0v) is 9.13. The van der Waals surface area contributed by atoms with Crippen molar-refractivity contribution in [3.8, 4) is 0 Å². The van der Waals surface area contributed by atoms with Gasteiger partial charge in [0.25, 0.3) is 0 Å². The Bertz CT molecular complexity index is 447. The number of likely N-dealkylation sites (N-methyl/N-ethyl adjacent to an activating group) is 2. The van der Waals surface area contributed by atoms with Crippen molar-refractivity contribution in [1.29, 1.82) is 0 Å². The summed E-state index contributed by atoms with van der Waals surface area (Å²) in [7, 11) is 3.45. The molecule has 0 atom stereocenters. The average molecular weight is 216 g/mol. The summed E-state index contributed by atoms with van der Waals surface area (Å²) in [5.41, 5.74) is 2.25. The molecule has 2 N–H and O–H groups in total. The molecule has 2 rings (SSSR count). The van der Waals surface area contributed by atoms with E-state index >= 15 is 0 Å². The molecule has 0 aliphatic heterocycles. The van der Waals surface area contributed by atoms with Gasteiger partial charge in [-0.2, -0.15) is 0 Å². The molecule has 0 bridgehead atoms. The van der Waals surface area contributed by atoms with Crippen molar-refractivity contribution in [2.75, 3.05) is 14.1 Å². The van der Waals surface area contributed by atoms with Crippen LogP contribution in [0.2, 0.25) is 0 Å². The van der Waals surface area contributed by atoms with E-state index in [1.54, 1.807) is 26.2 Å². The highest BCUT2D eigenvalue weighted by Gasteiger charge is 2.29. The predicted molar refractivity (Wildman–Crippen MR) is 60.5 cm³/mol. The fourth-order valence-corrected chi connectivity index (χ4v) is 1.85. The third kappa shape index (κ3) is 1.39. The Morgan fingerprint density at radius 3 is 1.44 bits per heavy atom. The lowest BCUT2D eigenvalue weighted by Gasteiger charge is -2.21. The molecule has 4 nitrogen and oxygen atoms in total. The summed E-state index contributed by atoms with van der Waals surface area (Å²) in [5.74, 6) is -0.285. The lowest BCUT2D eigenvalue weighted by atomic mass is 9.86. The molecule has 0 heterocycles. The van der Waals surface area contributed by atoms with Gasteiger partial charge in [-0.1, -0.05) is 0 Å². The standard InChI is InChI=1S/C12H12N2O2/c1-13-7-3-5-10(16)12-8(14-2)4-6-9(15)11(7)12/h3-6,13-14H,1-2H3. The monoisotopic (exact) mass is 216 g/mol. The van der Waals surface area contributed by atoms with Crippen LogP contribution >= 0.6 is 0 Å². The number of hydrogen-bond acceptors (Lipinski definition) is 4. The minimum atomic E-state index is -0.143. The molecule has 0 fully saturated rings. The van der Waals surface area contributed by atoms with E-state index in [9.17, 15) is 9.59 Å². The van der Waals surface area contributed by atoms with Crippen molar-refractivity contribution in [2.45, 2.75) is 0 Å². The summed E-state index contributed by atoms with van der Waals surface area (Å²) in [6, 6.07) is 0. The van der Waals surface area contributed by atoms with E-state index in [1.165, 1.54) is 12.2 Å². The molecule has 0 aromatic carbocycles. The van der Waals surface area contributed by atoms with Crippen LogP contribution in [0.3, 0.4) is 0 Å². The van der Waals surface area contributed by atoms with Crippen LogP contribution in [-0.4, -0.2) is 25.7 Å². The number of nitrogens with one attached hydrogen (secondary N) is 2. The number of carbonyl (C=O) groups excluding carboxylic acids is 2. The maximum absolute atomic E-state index is 11.8. The van der Waals surface area contributed by atoms with Crippen LogP contribution in [0.1, 0.15) is 0 Å². The van der Waals surface area contributed by atoms with Gasteiger partial charge in [0.1, 0.15) is 0 Å². The first kappa shape index (κ1) is 10.4. The number of rotatable bonds is 2. The molecule has 82 valence electrons. The van der Waals surface area contributed by atoms with E-state index in [4.69, 9.17) is 0 Å². The van der Waals surface area contributed by atoms with Crippen LogP contribution < -0.4 is 10.6 Å². The maximum atomic E-state index is 11.8. The summed E-state index contributed by atoms with van der Waals surface area (Å²) in [5, 5.41) is 5.85. The molecule has 4 heteroatoms. The highest BCUT2D eigenvalue weighted by atomic mass is 16.1. The second kappa shape index (κ2) is 3.81. The fraction of sp³-hybridized carbons (Fsp3) is 0.167. The number of fused-ring (bicyclic) bond motifs is 1. The third-order valence-electron chi connectivity index (χ3n) is 2.62. The van der Waals surface area contributed by atoms with Crippen LogP contribution in [0.15, 0.2) is 46.8 Å². The van der Waals surface area contributed by atoms with E-state index < -0.39 is 0 Å². The SMILES string of the molecule is CNC1=C2C(=O)C=CC(NC)=C2C(=O)C=C1. The molecule has 0 aromatic heterocycles. The molecule has 0 radical (unpaired) electrons. The van der Waals surface area contributed by atoms with E-state index in [-0.39, 0.29) is 11.6 Å². The summed E-state index contributed by atoms with van der Waals surface area (Å²) in [4.78, 5) is 23.5. The molecule has 2 aliphatic carbocycles. The average Bonchev–Trinajstić information content (AvgIpc) is 2.31. The molecule has 16 heavy (non-hydrogen) atoms. The van der Waals surface area contributed by atoms with E-state index in [0.717, 1.165) is 0 Å². The molecule has 0 saturated heterocycles. The first-order valence-corrected chi connectivity index (χ1v) is 4.98. The van der Waals surface area contributed by atoms with Gasteiger partial charge >= 0.3 is 0 Å². The Balaban J connectivity index is 2.69. The van der Waals surface area contributed by atoms with Gasteiger partial charge in [0.2, 0.25) is 0 Å². The summed E-state index contributed by atoms with van der Waals surface area (Å²) >= 11 is 0. The summed E-state index contributed by atoms with van der Waals surface area (Å²) < 4.78 is 0. The molecule has 0 aromatic rings. The Labute approximate surface area is 93.4 Å². The first-order valence-electron chi connectivity index (χ1n) is 4.98. The number of allylic oxidation sites excluding steroid dienone is 6. The highest BCUT2D eigenvalue weighted by Crippen LogP contribution is 2.27. The summed E-state index contributed by atoms with van der Waals surface area (Å²) in [6.45, 7) is 0. The molecule has 2 aliphatic rings. The van der Waals surface area contributed by atoms with Crippen LogP contribution in [0.25, 0.3) is 0 Å². The Hall–Kier alpha value is -2.10. The quantitative estimate of drug-likeness (QED) is 0.693. The van der Waals surface area contributed by atoms with Gasteiger partial charge in [0.15, 0.2) is 11.6 Å². The van der Waals surface area contributed by atoms with Gasteiger partial charge in [0, 0.05) is 25.5 Å². The van der Waals surface area contributed by atoms with Gasteiger partial charge in [0.05, 0.1) is 11.1 Å². The minimum Gasteiger partial charge on any atom is -0.388 e. The van der Waals surface area contributed by atoms with Crippen molar-refractivity contribution in [1.82, 2.24) is 10.6 Å². The van der Waals surface area contributed by atoms with Gasteiger partial charge in [-0.25, -0.2) is 0 Å². The Morgan fingerprint density at radius 1 is 0.750 bits per heavy atom. The Kier molecular flexibility index (Phi) is 2.48. The van der Waals surface area contributed by atoms with Crippen LogP contribution in [0.5, 0.6) is 0 Å². The third-order valence-corrected chi connectivity index (χ3v) is 2.62. The smallest absolute Gasteiger partial charge is 0.188 e. The van der Waals surface area contributed by atoms with E-state index in [0.29, 0.717) is 22.5 Å². The van der Waals surface area contributed by atoms with Crippen molar-refractivity contribution in [3.05, 3.63) is 46.8 Å². The maximum Gasteiger partial charge on any atom is 0.188 e. The second-order valence-electron chi connectivity index (χ2n) is 3.47. The zero-order chi connectivity index (χ0) is 11.7. The number of ketones is 2. The highest BCUT2D eigenvalue weighted by molar-refractivity contribution is 6.23. The first-order chi connectivity index (χ1) is 7.69. The topological polar surface area (TPSA) is 58.2 Å². The van der Waals surface area contributed by atoms with Crippen LogP contribution in [0.4, 0.5) is 0 Å². The van der Waals surface area contributed by atoms with Crippen molar-refractivity contribution in [3.63, 3.8) is 0 Å². The normalized spacial score (nSPS) is 19.1. The van der Waals surface area contributed by atoms with E-state index in [1.807, 2.05) is 0 Å². The molecular weight excluding hydrogens is 204 g/mol. The molecule has 0 spiro atoms. The fourth-order valence-electron chi connectivity index (χ4n) is 1.85. The number of hydrogen-bond donors (Lipinski definition) is 2. The van der Waals surface area contributed by atoms with Gasteiger partial charge < -0.3 is 10.6 Å². The zero-order valence-electron chi connectivity index (χ0n) is 9.13. The van der Waals surface area contributed by atoms with Crippen LogP contribution in [-0.2, 0) is 9.59 Å². The predicted octanol–water partition coefficient (Wildman–Crippen LogP) is 0.211.